The number of nitrogens with zero attached hydrogens (tertiary/aromatic N) is 3. The van der Waals surface area contributed by atoms with E-state index in [1.165, 1.54) is 11.8 Å². The van der Waals surface area contributed by atoms with Crippen LogP contribution in [0.2, 0.25) is 0 Å². The number of thioether (sulfide) groups is 1. The second kappa shape index (κ2) is 10.5. The van der Waals surface area contributed by atoms with Crippen LogP contribution < -0.4 is 10.6 Å². The summed E-state index contributed by atoms with van der Waals surface area (Å²) in [5, 5.41) is 15.0. The van der Waals surface area contributed by atoms with Gasteiger partial charge in [0.1, 0.15) is 0 Å². The van der Waals surface area contributed by atoms with Crippen molar-refractivity contribution < 1.29 is 9.59 Å². The molecule has 1 atom stereocenters. The van der Waals surface area contributed by atoms with Crippen molar-refractivity contribution >= 4 is 29.3 Å². The molecule has 0 spiro atoms. The maximum absolute atomic E-state index is 12.6. The number of anilines is 1. The predicted molar refractivity (Wildman–Crippen MR) is 128 cm³/mol. The molecule has 3 aromatic rings. The van der Waals surface area contributed by atoms with E-state index >= 15 is 0 Å². The second-order valence-electron chi connectivity index (χ2n) is 7.99. The van der Waals surface area contributed by atoms with Crippen LogP contribution in [0.4, 0.5) is 5.69 Å². The lowest BCUT2D eigenvalue weighted by Gasteiger charge is -2.15. The number of carbonyl (C=O) groups excluding carboxylic acids is 2. The third-order valence-corrected chi connectivity index (χ3v) is 6.20. The molecule has 0 fully saturated rings. The Morgan fingerprint density at radius 3 is 2.44 bits per heavy atom. The smallest absolute Gasteiger partial charge is 0.252 e. The molecule has 0 radical (unpaired) electrons. The van der Waals surface area contributed by atoms with Gasteiger partial charge in [0.15, 0.2) is 11.0 Å². The van der Waals surface area contributed by atoms with Crippen molar-refractivity contribution in [1.29, 1.82) is 0 Å². The topological polar surface area (TPSA) is 88.9 Å². The molecular formula is C24H29N5O2S. The Morgan fingerprint density at radius 1 is 1.03 bits per heavy atom. The van der Waals surface area contributed by atoms with Crippen molar-refractivity contribution in [3.8, 4) is 0 Å². The van der Waals surface area contributed by atoms with E-state index in [0.717, 1.165) is 16.8 Å². The van der Waals surface area contributed by atoms with E-state index in [1.54, 1.807) is 6.07 Å². The van der Waals surface area contributed by atoms with Gasteiger partial charge in [-0.1, -0.05) is 62.0 Å². The molecule has 0 aliphatic carbocycles. The van der Waals surface area contributed by atoms with Gasteiger partial charge in [-0.15, -0.1) is 10.2 Å². The Morgan fingerprint density at radius 2 is 1.72 bits per heavy atom. The Balaban J connectivity index is 1.60. The Bertz CT molecular complexity index is 1110. The van der Waals surface area contributed by atoms with Gasteiger partial charge in [-0.25, -0.2) is 0 Å². The van der Waals surface area contributed by atoms with Gasteiger partial charge in [0.2, 0.25) is 5.91 Å². The molecule has 2 amide bonds. The summed E-state index contributed by atoms with van der Waals surface area (Å²) in [7, 11) is 1.83. The van der Waals surface area contributed by atoms with Gasteiger partial charge < -0.3 is 15.2 Å². The molecule has 2 N–H and O–H groups in total. The van der Waals surface area contributed by atoms with Gasteiger partial charge in [0.25, 0.3) is 5.91 Å². The van der Waals surface area contributed by atoms with Crippen LogP contribution in [0, 0.1) is 6.92 Å². The highest BCUT2D eigenvalue weighted by Crippen LogP contribution is 2.25. The molecule has 168 valence electrons. The van der Waals surface area contributed by atoms with Crippen LogP contribution in [0.3, 0.4) is 0 Å². The van der Waals surface area contributed by atoms with Crippen LogP contribution in [-0.4, -0.2) is 32.3 Å². The zero-order valence-electron chi connectivity index (χ0n) is 19.0. The van der Waals surface area contributed by atoms with Crippen molar-refractivity contribution in [2.45, 2.75) is 44.8 Å². The molecule has 0 unspecified atom stereocenters. The van der Waals surface area contributed by atoms with Crippen molar-refractivity contribution in [3.05, 3.63) is 71.0 Å². The predicted octanol–water partition coefficient (Wildman–Crippen LogP) is 4.47. The summed E-state index contributed by atoms with van der Waals surface area (Å²) in [6.45, 7) is 7.96. The fourth-order valence-electron chi connectivity index (χ4n) is 3.43. The van der Waals surface area contributed by atoms with E-state index in [1.807, 2.05) is 67.9 Å². The fourth-order valence-corrected chi connectivity index (χ4v) is 4.14. The molecule has 0 bridgehead atoms. The number of hydrogen-bond donors (Lipinski definition) is 2. The summed E-state index contributed by atoms with van der Waals surface area (Å²) in [5.41, 5.74) is 3.48. The summed E-state index contributed by atoms with van der Waals surface area (Å²) in [4.78, 5) is 25.1. The van der Waals surface area contributed by atoms with E-state index < -0.39 is 0 Å². The van der Waals surface area contributed by atoms with Gasteiger partial charge in [-0.3, -0.25) is 9.59 Å². The molecule has 8 heteroatoms. The minimum absolute atomic E-state index is 0.103. The minimum Gasteiger partial charge on any atom is -0.342 e. The number of hydrogen-bond acceptors (Lipinski definition) is 5. The fraction of sp³-hybridized carbons (Fsp3) is 0.333. The molecule has 2 aromatic carbocycles. The van der Waals surface area contributed by atoms with Crippen molar-refractivity contribution in [3.63, 3.8) is 0 Å². The van der Waals surface area contributed by atoms with Gasteiger partial charge in [-0.05, 0) is 43.0 Å². The molecular weight excluding hydrogens is 422 g/mol. The average molecular weight is 452 g/mol. The first-order chi connectivity index (χ1) is 15.3. The molecule has 3 rings (SSSR count). The molecule has 0 aliphatic rings. The SMILES string of the molecule is Cc1ccccc1C(=O)N[C@@H](C)c1nnc(SCC(=O)Nc2ccccc2C(C)C)n1C. The summed E-state index contributed by atoms with van der Waals surface area (Å²) in [6, 6.07) is 14.9. The monoisotopic (exact) mass is 451 g/mol. The zero-order chi connectivity index (χ0) is 23.3. The second-order valence-corrected chi connectivity index (χ2v) is 8.93. The Labute approximate surface area is 193 Å². The van der Waals surface area contributed by atoms with Gasteiger partial charge in [0.05, 0.1) is 11.8 Å². The van der Waals surface area contributed by atoms with E-state index in [-0.39, 0.29) is 23.6 Å². The van der Waals surface area contributed by atoms with Gasteiger partial charge in [0, 0.05) is 18.3 Å². The first-order valence-electron chi connectivity index (χ1n) is 10.5. The molecule has 0 saturated carbocycles. The van der Waals surface area contributed by atoms with Crippen LogP contribution in [0.25, 0.3) is 0 Å². The number of carbonyl (C=O) groups is 2. The van der Waals surface area contributed by atoms with Gasteiger partial charge in [-0.2, -0.15) is 0 Å². The summed E-state index contributed by atoms with van der Waals surface area (Å²) >= 11 is 1.31. The Hall–Kier alpha value is -3.13. The van der Waals surface area contributed by atoms with E-state index in [0.29, 0.717) is 22.5 Å². The van der Waals surface area contributed by atoms with Crippen molar-refractivity contribution in [2.24, 2.45) is 7.05 Å². The number of para-hydroxylation sites is 1. The highest BCUT2D eigenvalue weighted by Gasteiger charge is 2.20. The van der Waals surface area contributed by atoms with E-state index in [2.05, 4.69) is 34.7 Å². The lowest BCUT2D eigenvalue weighted by molar-refractivity contribution is -0.113. The third-order valence-electron chi connectivity index (χ3n) is 5.18. The van der Waals surface area contributed by atoms with E-state index in [4.69, 9.17) is 0 Å². The number of benzene rings is 2. The number of nitrogens with one attached hydrogen (secondary N) is 2. The molecule has 1 heterocycles. The van der Waals surface area contributed by atoms with Crippen molar-refractivity contribution in [1.82, 2.24) is 20.1 Å². The first kappa shape index (κ1) is 23.5. The normalized spacial score (nSPS) is 11.9. The van der Waals surface area contributed by atoms with Crippen LogP contribution in [-0.2, 0) is 11.8 Å². The standard InChI is InChI=1S/C24H29N5O2S/c1-15(2)18-11-8-9-13-20(18)26-21(30)14-32-24-28-27-22(29(24)5)17(4)25-23(31)19-12-7-6-10-16(19)3/h6-13,15,17H,14H2,1-5H3,(H,25,31)(H,26,30)/t17-/m0/s1. The van der Waals surface area contributed by atoms with Crippen LogP contribution in [0.1, 0.15) is 60.0 Å². The van der Waals surface area contributed by atoms with E-state index in [9.17, 15) is 9.59 Å². The van der Waals surface area contributed by atoms with Crippen molar-refractivity contribution in [2.75, 3.05) is 11.1 Å². The largest absolute Gasteiger partial charge is 0.342 e. The lowest BCUT2D eigenvalue weighted by Crippen LogP contribution is -2.29. The summed E-state index contributed by atoms with van der Waals surface area (Å²) in [5.74, 6) is 0.892. The maximum Gasteiger partial charge on any atom is 0.252 e. The third kappa shape index (κ3) is 5.56. The summed E-state index contributed by atoms with van der Waals surface area (Å²) in [6.07, 6.45) is 0. The summed E-state index contributed by atoms with van der Waals surface area (Å²) < 4.78 is 1.81. The average Bonchev–Trinajstić information content (AvgIpc) is 3.13. The maximum atomic E-state index is 12.6. The number of rotatable bonds is 8. The van der Waals surface area contributed by atoms with Gasteiger partial charge >= 0.3 is 0 Å². The Kier molecular flexibility index (Phi) is 7.69. The number of aromatic nitrogens is 3. The quantitative estimate of drug-likeness (QED) is 0.493. The molecule has 32 heavy (non-hydrogen) atoms. The molecule has 0 saturated heterocycles. The van der Waals surface area contributed by atoms with Crippen LogP contribution >= 0.6 is 11.8 Å². The number of aryl methyl sites for hydroxylation is 1. The highest BCUT2D eigenvalue weighted by atomic mass is 32.2. The van der Waals surface area contributed by atoms with Crippen LogP contribution in [0.5, 0.6) is 0 Å². The molecule has 7 nitrogen and oxygen atoms in total. The highest BCUT2D eigenvalue weighted by molar-refractivity contribution is 7.99. The van der Waals surface area contributed by atoms with Crippen LogP contribution in [0.15, 0.2) is 53.7 Å². The molecule has 0 aliphatic heterocycles. The zero-order valence-corrected chi connectivity index (χ0v) is 19.9. The first-order valence-corrected chi connectivity index (χ1v) is 11.5. The lowest BCUT2D eigenvalue weighted by atomic mass is 10.0. The molecule has 1 aromatic heterocycles. The minimum atomic E-state index is -0.333. The number of amides is 2.